The molecule has 24 heavy (non-hydrogen) atoms. The molecule has 0 bridgehead atoms. The first-order valence-corrected chi connectivity index (χ1v) is 9.33. The van der Waals surface area contributed by atoms with Crippen molar-refractivity contribution in [1.29, 1.82) is 0 Å². The maximum Gasteiger partial charge on any atom is 0.233 e. The highest BCUT2D eigenvalue weighted by Gasteiger charge is 2.24. The summed E-state index contributed by atoms with van der Waals surface area (Å²) in [4.78, 5) is 18.8. The highest BCUT2D eigenvalue weighted by Crippen LogP contribution is 2.24. The molecule has 2 aromatic carbocycles. The summed E-state index contributed by atoms with van der Waals surface area (Å²) in [7, 11) is 0. The fourth-order valence-electron chi connectivity index (χ4n) is 2.41. The molecule has 0 aliphatic carbocycles. The summed E-state index contributed by atoms with van der Waals surface area (Å²) in [6.45, 7) is 1.29. The summed E-state index contributed by atoms with van der Waals surface area (Å²) in [5.41, 5.74) is 2.00. The molecule has 0 spiro atoms. The summed E-state index contributed by atoms with van der Waals surface area (Å²) in [5.74, 6) is 0.753. The number of nitrogens with zero attached hydrogens (tertiary/aromatic N) is 2. The number of carbonyl (C=O) groups excluding carboxylic acids is 1. The van der Waals surface area contributed by atoms with Gasteiger partial charge in [0.1, 0.15) is 0 Å². The highest BCUT2D eigenvalue weighted by molar-refractivity contribution is 8.13. The van der Waals surface area contributed by atoms with E-state index in [1.807, 2.05) is 36.4 Å². The molecule has 0 saturated heterocycles. The van der Waals surface area contributed by atoms with Crippen molar-refractivity contribution in [3.8, 4) is 0 Å². The van der Waals surface area contributed by atoms with Crippen molar-refractivity contribution >= 4 is 46.0 Å². The maximum atomic E-state index is 12.6. The van der Waals surface area contributed by atoms with E-state index in [9.17, 15) is 4.79 Å². The van der Waals surface area contributed by atoms with Crippen LogP contribution >= 0.6 is 35.0 Å². The van der Waals surface area contributed by atoms with E-state index >= 15 is 0 Å². The van der Waals surface area contributed by atoms with Gasteiger partial charge < -0.3 is 0 Å². The van der Waals surface area contributed by atoms with Crippen molar-refractivity contribution in [3.05, 3.63) is 69.7 Å². The number of aliphatic imine (C=N–C) groups is 1. The van der Waals surface area contributed by atoms with Gasteiger partial charge in [0.25, 0.3) is 0 Å². The highest BCUT2D eigenvalue weighted by atomic mass is 35.5. The predicted molar refractivity (Wildman–Crippen MR) is 102 cm³/mol. The molecular weight excluding hydrogens is 363 g/mol. The molecule has 0 fully saturated rings. The van der Waals surface area contributed by atoms with Crippen molar-refractivity contribution in [2.45, 2.75) is 12.2 Å². The average molecular weight is 379 g/mol. The molecule has 0 aromatic heterocycles. The van der Waals surface area contributed by atoms with Crippen LogP contribution in [0, 0.1) is 0 Å². The molecule has 0 radical (unpaired) electrons. The zero-order valence-corrected chi connectivity index (χ0v) is 15.2. The minimum Gasteiger partial charge on any atom is -0.289 e. The molecule has 0 atom stereocenters. The third-order valence-electron chi connectivity index (χ3n) is 3.69. The van der Waals surface area contributed by atoms with Crippen LogP contribution in [0.5, 0.6) is 0 Å². The Morgan fingerprint density at radius 2 is 1.88 bits per heavy atom. The monoisotopic (exact) mass is 378 g/mol. The molecular formula is C18H16Cl2N2OS. The lowest BCUT2D eigenvalue weighted by Gasteiger charge is -2.18. The zero-order valence-electron chi connectivity index (χ0n) is 12.9. The minimum atomic E-state index is 0.0558. The molecule has 1 heterocycles. The van der Waals surface area contributed by atoms with E-state index in [1.165, 1.54) is 0 Å². The first-order valence-electron chi connectivity index (χ1n) is 7.59. The minimum absolute atomic E-state index is 0.0558. The largest absolute Gasteiger partial charge is 0.289 e. The van der Waals surface area contributed by atoms with Crippen molar-refractivity contribution < 1.29 is 4.79 Å². The fourth-order valence-corrected chi connectivity index (χ4v) is 3.89. The second-order valence-electron chi connectivity index (χ2n) is 5.39. The number of thioether (sulfide) groups is 1. The Balaban J connectivity index is 1.61. The van der Waals surface area contributed by atoms with E-state index in [2.05, 4.69) is 4.99 Å². The van der Waals surface area contributed by atoms with E-state index in [4.69, 9.17) is 23.2 Å². The van der Waals surface area contributed by atoms with Gasteiger partial charge in [0.05, 0.1) is 13.0 Å². The Morgan fingerprint density at radius 1 is 1.12 bits per heavy atom. The molecule has 0 unspecified atom stereocenters. The number of amidine groups is 1. The first kappa shape index (κ1) is 17.3. The zero-order chi connectivity index (χ0) is 16.9. The van der Waals surface area contributed by atoms with Crippen LogP contribution in [-0.2, 0) is 17.0 Å². The van der Waals surface area contributed by atoms with Crippen molar-refractivity contribution in [3.63, 3.8) is 0 Å². The SMILES string of the molecule is O=C(Cc1ccc(Cl)cc1)N1CCN=C1SCc1ccccc1Cl. The molecule has 0 saturated carbocycles. The summed E-state index contributed by atoms with van der Waals surface area (Å²) in [6, 6.07) is 15.1. The standard InChI is InChI=1S/C18H16Cl2N2OS/c19-15-7-5-13(6-8-15)11-17(23)22-10-9-21-18(22)24-12-14-3-1-2-4-16(14)20/h1-8H,9-12H2. The van der Waals surface area contributed by atoms with Gasteiger partial charge in [-0.1, -0.05) is 65.3 Å². The Labute approximate surface area is 155 Å². The molecule has 1 aliphatic rings. The normalized spacial score (nSPS) is 13.9. The van der Waals surface area contributed by atoms with E-state index in [1.54, 1.807) is 28.8 Å². The Morgan fingerprint density at radius 3 is 2.62 bits per heavy atom. The van der Waals surface area contributed by atoms with Gasteiger partial charge in [0, 0.05) is 22.3 Å². The Hall–Kier alpha value is -1.49. The lowest BCUT2D eigenvalue weighted by molar-refractivity contribution is -0.126. The van der Waals surface area contributed by atoms with Gasteiger partial charge >= 0.3 is 0 Å². The number of hydrogen-bond acceptors (Lipinski definition) is 3. The maximum absolute atomic E-state index is 12.6. The number of rotatable bonds is 4. The number of carbonyl (C=O) groups is 1. The number of amides is 1. The van der Waals surface area contributed by atoms with E-state index in [0.29, 0.717) is 30.3 Å². The molecule has 2 aromatic rings. The quantitative estimate of drug-likeness (QED) is 0.774. The van der Waals surface area contributed by atoms with Gasteiger partial charge in [-0.3, -0.25) is 14.7 Å². The van der Waals surface area contributed by atoms with Crippen LogP contribution in [0.25, 0.3) is 0 Å². The topological polar surface area (TPSA) is 32.7 Å². The molecule has 0 N–H and O–H groups in total. The van der Waals surface area contributed by atoms with Crippen LogP contribution in [0.4, 0.5) is 0 Å². The van der Waals surface area contributed by atoms with Crippen molar-refractivity contribution in [2.75, 3.05) is 13.1 Å². The van der Waals surface area contributed by atoms with Gasteiger partial charge in [-0.25, -0.2) is 0 Å². The lowest BCUT2D eigenvalue weighted by atomic mass is 10.1. The van der Waals surface area contributed by atoms with Crippen LogP contribution < -0.4 is 0 Å². The molecule has 1 amide bonds. The van der Waals surface area contributed by atoms with Crippen LogP contribution in [0.2, 0.25) is 10.0 Å². The number of hydrogen-bond donors (Lipinski definition) is 0. The van der Waals surface area contributed by atoms with Crippen LogP contribution in [-0.4, -0.2) is 29.1 Å². The van der Waals surface area contributed by atoms with Gasteiger partial charge in [0.2, 0.25) is 5.91 Å². The average Bonchev–Trinajstić information content (AvgIpc) is 3.05. The molecule has 124 valence electrons. The van der Waals surface area contributed by atoms with Crippen LogP contribution in [0.15, 0.2) is 53.5 Å². The summed E-state index contributed by atoms with van der Waals surface area (Å²) < 4.78 is 0. The first-order chi connectivity index (χ1) is 11.6. The number of halogens is 2. The summed E-state index contributed by atoms with van der Waals surface area (Å²) >= 11 is 13.6. The molecule has 3 rings (SSSR count). The van der Waals surface area contributed by atoms with Gasteiger partial charge in [-0.15, -0.1) is 0 Å². The molecule has 1 aliphatic heterocycles. The van der Waals surface area contributed by atoms with Gasteiger partial charge in [-0.2, -0.15) is 0 Å². The summed E-state index contributed by atoms with van der Waals surface area (Å²) in [6.07, 6.45) is 0.350. The third-order valence-corrected chi connectivity index (χ3v) is 5.37. The fraction of sp³-hybridized carbons (Fsp3) is 0.222. The predicted octanol–water partition coefficient (Wildman–Crippen LogP) is 4.67. The van der Waals surface area contributed by atoms with Crippen LogP contribution in [0.3, 0.4) is 0 Å². The Kier molecular flexibility index (Phi) is 5.82. The van der Waals surface area contributed by atoms with Gasteiger partial charge in [-0.05, 0) is 29.3 Å². The Bertz CT molecular complexity index is 762. The van der Waals surface area contributed by atoms with Crippen molar-refractivity contribution in [1.82, 2.24) is 4.90 Å². The van der Waals surface area contributed by atoms with E-state index in [0.717, 1.165) is 21.3 Å². The summed E-state index contributed by atoms with van der Waals surface area (Å²) in [5, 5.41) is 2.18. The van der Waals surface area contributed by atoms with Crippen molar-refractivity contribution in [2.24, 2.45) is 4.99 Å². The number of benzene rings is 2. The third kappa shape index (κ3) is 4.32. The lowest BCUT2D eigenvalue weighted by Crippen LogP contribution is -2.34. The van der Waals surface area contributed by atoms with E-state index in [-0.39, 0.29) is 5.91 Å². The second-order valence-corrected chi connectivity index (χ2v) is 7.18. The smallest absolute Gasteiger partial charge is 0.233 e. The molecule has 6 heteroatoms. The van der Waals surface area contributed by atoms with Crippen LogP contribution in [0.1, 0.15) is 11.1 Å². The molecule has 3 nitrogen and oxygen atoms in total. The van der Waals surface area contributed by atoms with E-state index < -0.39 is 0 Å². The second kappa shape index (κ2) is 8.06. The van der Waals surface area contributed by atoms with Gasteiger partial charge in [0.15, 0.2) is 5.17 Å².